The minimum absolute atomic E-state index is 0.0147. The molecule has 0 fully saturated rings. The Morgan fingerprint density at radius 2 is 1.93 bits per heavy atom. The number of fused-ring (bicyclic) bond motifs is 1. The molecule has 0 saturated heterocycles. The van der Waals surface area contributed by atoms with E-state index in [1.54, 1.807) is 18.2 Å². The minimum Gasteiger partial charge on any atom is -0.350 e. The SMILES string of the molecule is CCN(CC(=O)NC(C)(C)C)C(=O)c1ccc2c(c1)CCCN2S(C)(=O)=O. The molecule has 27 heavy (non-hydrogen) atoms. The van der Waals surface area contributed by atoms with Crippen LogP contribution < -0.4 is 9.62 Å². The molecule has 1 aliphatic heterocycles. The number of hydrogen-bond acceptors (Lipinski definition) is 4. The summed E-state index contributed by atoms with van der Waals surface area (Å²) in [5, 5.41) is 2.86. The summed E-state index contributed by atoms with van der Waals surface area (Å²) in [4.78, 5) is 26.5. The van der Waals surface area contributed by atoms with E-state index in [2.05, 4.69) is 5.32 Å². The summed E-state index contributed by atoms with van der Waals surface area (Å²) < 4.78 is 25.3. The van der Waals surface area contributed by atoms with Crippen LogP contribution in [0.25, 0.3) is 0 Å². The van der Waals surface area contributed by atoms with Crippen molar-refractivity contribution >= 4 is 27.5 Å². The third kappa shape index (κ3) is 5.45. The molecule has 2 rings (SSSR count). The maximum atomic E-state index is 12.9. The largest absolute Gasteiger partial charge is 0.350 e. The number of carbonyl (C=O) groups is 2. The fourth-order valence-corrected chi connectivity index (χ4v) is 4.18. The highest BCUT2D eigenvalue weighted by Crippen LogP contribution is 2.30. The Labute approximate surface area is 161 Å². The number of nitrogens with zero attached hydrogens (tertiary/aromatic N) is 2. The Morgan fingerprint density at radius 1 is 1.26 bits per heavy atom. The molecule has 2 amide bonds. The van der Waals surface area contributed by atoms with Gasteiger partial charge in [-0.1, -0.05) is 0 Å². The topological polar surface area (TPSA) is 86.8 Å². The normalized spacial score (nSPS) is 14.5. The monoisotopic (exact) mass is 395 g/mol. The molecule has 0 atom stereocenters. The molecule has 7 nitrogen and oxygen atoms in total. The first-order valence-corrected chi connectivity index (χ1v) is 11.0. The Morgan fingerprint density at radius 3 is 2.48 bits per heavy atom. The molecule has 1 N–H and O–H groups in total. The third-order valence-electron chi connectivity index (χ3n) is 4.32. The zero-order valence-corrected chi connectivity index (χ0v) is 17.5. The van der Waals surface area contributed by atoms with Gasteiger partial charge in [0.1, 0.15) is 0 Å². The molecule has 0 aliphatic carbocycles. The van der Waals surface area contributed by atoms with Gasteiger partial charge in [-0.25, -0.2) is 8.42 Å². The maximum Gasteiger partial charge on any atom is 0.254 e. The van der Waals surface area contributed by atoms with Gasteiger partial charge in [0.25, 0.3) is 5.91 Å². The number of hydrogen-bond donors (Lipinski definition) is 1. The second-order valence-electron chi connectivity index (χ2n) is 7.90. The Balaban J connectivity index is 2.22. The Hall–Kier alpha value is -2.09. The Kier molecular flexibility index (Phi) is 6.19. The molecular weight excluding hydrogens is 366 g/mol. The van der Waals surface area contributed by atoms with E-state index >= 15 is 0 Å². The van der Waals surface area contributed by atoms with E-state index in [0.29, 0.717) is 30.8 Å². The zero-order valence-electron chi connectivity index (χ0n) is 16.7. The average Bonchev–Trinajstić information content (AvgIpc) is 2.55. The van der Waals surface area contributed by atoms with E-state index in [4.69, 9.17) is 0 Å². The van der Waals surface area contributed by atoms with Gasteiger partial charge in [0.05, 0.1) is 18.5 Å². The van der Waals surface area contributed by atoms with Crippen molar-refractivity contribution in [2.45, 2.75) is 46.1 Å². The van der Waals surface area contributed by atoms with E-state index in [9.17, 15) is 18.0 Å². The van der Waals surface area contributed by atoms with Gasteiger partial charge < -0.3 is 10.2 Å². The number of sulfonamides is 1. The summed E-state index contributed by atoms with van der Waals surface area (Å²) in [5.41, 5.74) is 1.58. The predicted molar refractivity (Wildman–Crippen MR) is 106 cm³/mol. The highest BCUT2D eigenvalue weighted by Gasteiger charge is 2.26. The van der Waals surface area contributed by atoms with Crippen molar-refractivity contribution in [3.05, 3.63) is 29.3 Å². The molecule has 0 unspecified atom stereocenters. The van der Waals surface area contributed by atoms with Gasteiger partial charge in [-0.3, -0.25) is 13.9 Å². The zero-order chi connectivity index (χ0) is 20.4. The lowest BCUT2D eigenvalue weighted by atomic mass is 10.00. The van der Waals surface area contributed by atoms with Crippen molar-refractivity contribution in [3.8, 4) is 0 Å². The number of anilines is 1. The van der Waals surface area contributed by atoms with Gasteiger partial charge in [0, 0.05) is 24.2 Å². The van der Waals surface area contributed by atoms with Crippen molar-refractivity contribution < 1.29 is 18.0 Å². The van der Waals surface area contributed by atoms with E-state index < -0.39 is 10.0 Å². The quantitative estimate of drug-likeness (QED) is 0.823. The van der Waals surface area contributed by atoms with Crippen LogP contribution in [0.5, 0.6) is 0 Å². The lowest BCUT2D eigenvalue weighted by molar-refractivity contribution is -0.123. The highest BCUT2D eigenvalue weighted by atomic mass is 32.2. The molecule has 150 valence electrons. The number of likely N-dealkylation sites (N-methyl/N-ethyl adjacent to an activating group) is 1. The fourth-order valence-electron chi connectivity index (χ4n) is 3.18. The van der Waals surface area contributed by atoms with Crippen molar-refractivity contribution in [1.82, 2.24) is 10.2 Å². The standard InChI is InChI=1S/C19H29N3O4S/c1-6-21(13-17(23)20-19(2,3)4)18(24)15-9-10-16-14(12-15)8-7-11-22(16)27(5,25)26/h9-10,12H,6-8,11,13H2,1-5H3,(H,20,23). The van der Waals surface area contributed by atoms with Crippen molar-refractivity contribution in [2.24, 2.45) is 0 Å². The van der Waals surface area contributed by atoms with E-state index in [1.165, 1.54) is 15.5 Å². The van der Waals surface area contributed by atoms with Gasteiger partial charge >= 0.3 is 0 Å². The lowest BCUT2D eigenvalue weighted by Gasteiger charge is -2.30. The van der Waals surface area contributed by atoms with Crippen molar-refractivity contribution in [1.29, 1.82) is 0 Å². The molecule has 8 heteroatoms. The van der Waals surface area contributed by atoms with Crippen LogP contribution in [0, 0.1) is 0 Å². The van der Waals surface area contributed by atoms with Crippen LogP contribution in [0.3, 0.4) is 0 Å². The van der Waals surface area contributed by atoms with Crippen LogP contribution in [0.4, 0.5) is 5.69 Å². The number of benzene rings is 1. The number of nitrogens with one attached hydrogen (secondary N) is 1. The molecule has 0 saturated carbocycles. The van der Waals surface area contributed by atoms with Crippen LogP contribution >= 0.6 is 0 Å². The maximum absolute atomic E-state index is 12.9. The number of amides is 2. The molecule has 1 heterocycles. The van der Waals surface area contributed by atoms with E-state index in [-0.39, 0.29) is 23.9 Å². The summed E-state index contributed by atoms with van der Waals surface area (Å²) in [6.45, 7) is 8.33. The van der Waals surface area contributed by atoms with Gasteiger partial charge in [0.2, 0.25) is 15.9 Å². The number of carbonyl (C=O) groups excluding carboxylic acids is 2. The number of aryl methyl sites for hydroxylation is 1. The van der Waals surface area contributed by atoms with Crippen LogP contribution in [-0.4, -0.2) is 56.6 Å². The summed E-state index contributed by atoms with van der Waals surface area (Å²) in [6, 6.07) is 5.07. The fraction of sp³-hybridized carbons (Fsp3) is 0.579. The molecule has 1 aliphatic rings. The summed E-state index contributed by atoms with van der Waals surface area (Å²) >= 11 is 0. The second kappa shape index (κ2) is 7.88. The third-order valence-corrected chi connectivity index (χ3v) is 5.50. The van der Waals surface area contributed by atoms with Gasteiger partial charge in [-0.05, 0) is 64.3 Å². The first-order chi connectivity index (χ1) is 12.4. The van der Waals surface area contributed by atoms with E-state index in [0.717, 1.165) is 12.0 Å². The van der Waals surface area contributed by atoms with Gasteiger partial charge in [-0.2, -0.15) is 0 Å². The molecule has 1 aromatic carbocycles. The Bertz CT molecular complexity index is 828. The van der Waals surface area contributed by atoms with Crippen LogP contribution in [-0.2, 0) is 21.2 Å². The first-order valence-electron chi connectivity index (χ1n) is 9.13. The van der Waals surface area contributed by atoms with Crippen LogP contribution in [0.1, 0.15) is 50.0 Å². The average molecular weight is 396 g/mol. The molecule has 0 aromatic heterocycles. The molecular formula is C19H29N3O4S. The van der Waals surface area contributed by atoms with Gasteiger partial charge in [-0.15, -0.1) is 0 Å². The lowest BCUT2D eigenvalue weighted by Crippen LogP contribution is -2.47. The summed E-state index contributed by atoms with van der Waals surface area (Å²) in [5.74, 6) is -0.445. The minimum atomic E-state index is -3.34. The number of rotatable bonds is 5. The van der Waals surface area contributed by atoms with Crippen molar-refractivity contribution in [3.63, 3.8) is 0 Å². The highest BCUT2D eigenvalue weighted by molar-refractivity contribution is 7.92. The molecule has 0 spiro atoms. The van der Waals surface area contributed by atoms with E-state index in [1.807, 2.05) is 27.7 Å². The summed E-state index contributed by atoms with van der Waals surface area (Å²) in [7, 11) is -3.34. The molecule has 0 radical (unpaired) electrons. The van der Waals surface area contributed by atoms with Crippen LogP contribution in [0.2, 0.25) is 0 Å². The molecule has 1 aromatic rings. The first kappa shape index (κ1) is 21.2. The van der Waals surface area contributed by atoms with Crippen LogP contribution in [0.15, 0.2) is 18.2 Å². The van der Waals surface area contributed by atoms with Crippen molar-refractivity contribution in [2.75, 3.05) is 30.2 Å². The predicted octanol–water partition coefficient (Wildman–Crippen LogP) is 1.78. The van der Waals surface area contributed by atoms with Gasteiger partial charge in [0.15, 0.2) is 0 Å². The smallest absolute Gasteiger partial charge is 0.254 e. The molecule has 0 bridgehead atoms. The second-order valence-corrected chi connectivity index (χ2v) is 9.81. The summed E-state index contributed by atoms with van der Waals surface area (Å²) in [6.07, 6.45) is 2.62.